The molecule has 30 heavy (non-hydrogen) atoms. The number of benzene rings is 2. The van der Waals surface area contributed by atoms with Gasteiger partial charge in [0, 0.05) is 18.7 Å². The molecule has 0 aromatic heterocycles. The molecule has 1 amide bonds. The summed E-state index contributed by atoms with van der Waals surface area (Å²) in [5.74, 6) is -1.76. The Hall–Kier alpha value is -2.99. The Kier molecular flexibility index (Phi) is 6.37. The van der Waals surface area contributed by atoms with Crippen molar-refractivity contribution in [3.05, 3.63) is 76.6 Å². The third-order valence-electron chi connectivity index (χ3n) is 5.36. The number of carbonyl (C=O) groups excluding carboxylic acids is 2. The molecule has 0 aliphatic carbocycles. The van der Waals surface area contributed by atoms with Gasteiger partial charge in [-0.2, -0.15) is 0 Å². The van der Waals surface area contributed by atoms with E-state index in [-0.39, 0.29) is 11.3 Å². The van der Waals surface area contributed by atoms with Crippen LogP contribution in [0, 0.1) is 5.82 Å². The predicted octanol–water partition coefficient (Wildman–Crippen LogP) is 3.93. The van der Waals surface area contributed by atoms with Gasteiger partial charge >= 0.3 is 0 Å². The number of likely N-dealkylation sites (tertiary alicyclic amines) is 1. The van der Waals surface area contributed by atoms with Gasteiger partial charge in [0.15, 0.2) is 0 Å². The van der Waals surface area contributed by atoms with Crippen LogP contribution in [0.25, 0.3) is 5.76 Å². The fraction of sp³-hybridized carbons (Fsp3) is 0.333. The molecule has 1 unspecified atom stereocenters. The second kappa shape index (κ2) is 8.79. The van der Waals surface area contributed by atoms with Gasteiger partial charge in [-0.15, -0.1) is 0 Å². The van der Waals surface area contributed by atoms with Crippen molar-refractivity contribution < 1.29 is 19.1 Å². The molecule has 1 atom stereocenters. The van der Waals surface area contributed by atoms with Crippen molar-refractivity contribution in [2.24, 2.45) is 0 Å². The SMILES string of the molecule is CC(C)c1ccc(C2/C(=C(/O)c3ccc(F)cc3)C(=O)C(=O)N2CCN(C)C)cc1. The van der Waals surface area contributed by atoms with Crippen LogP contribution >= 0.6 is 0 Å². The number of ketones is 1. The number of amides is 1. The molecule has 0 radical (unpaired) electrons. The summed E-state index contributed by atoms with van der Waals surface area (Å²) >= 11 is 0. The molecule has 6 heteroatoms. The number of halogens is 1. The van der Waals surface area contributed by atoms with Crippen LogP contribution in [0.15, 0.2) is 54.1 Å². The van der Waals surface area contributed by atoms with Crippen LogP contribution in [-0.4, -0.2) is 53.8 Å². The smallest absolute Gasteiger partial charge is 0.295 e. The van der Waals surface area contributed by atoms with Gasteiger partial charge in [0.2, 0.25) is 0 Å². The number of rotatable bonds is 6. The van der Waals surface area contributed by atoms with Crippen LogP contribution in [-0.2, 0) is 9.59 Å². The molecule has 1 heterocycles. The highest BCUT2D eigenvalue weighted by Gasteiger charge is 2.45. The summed E-state index contributed by atoms with van der Waals surface area (Å²) in [6, 6.07) is 12.3. The monoisotopic (exact) mass is 410 g/mol. The number of hydrogen-bond acceptors (Lipinski definition) is 4. The lowest BCUT2D eigenvalue weighted by Gasteiger charge is -2.27. The van der Waals surface area contributed by atoms with Gasteiger partial charge in [0.05, 0.1) is 11.6 Å². The van der Waals surface area contributed by atoms with Crippen LogP contribution in [0.2, 0.25) is 0 Å². The van der Waals surface area contributed by atoms with Gasteiger partial charge in [-0.05, 0) is 55.4 Å². The van der Waals surface area contributed by atoms with Crippen molar-refractivity contribution in [1.82, 2.24) is 9.80 Å². The van der Waals surface area contributed by atoms with E-state index in [1.165, 1.54) is 29.2 Å². The molecular weight excluding hydrogens is 383 g/mol. The molecular formula is C24H27FN2O3. The molecule has 2 aromatic rings. The second-order valence-electron chi connectivity index (χ2n) is 8.12. The summed E-state index contributed by atoms with van der Waals surface area (Å²) in [6.45, 7) is 5.10. The zero-order valence-corrected chi connectivity index (χ0v) is 17.7. The van der Waals surface area contributed by atoms with Gasteiger partial charge in [-0.1, -0.05) is 38.1 Å². The summed E-state index contributed by atoms with van der Waals surface area (Å²) < 4.78 is 13.3. The van der Waals surface area contributed by atoms with Crippen molar-refractivity contribution >= 4 is 17.4 Å². The molecule has 1 aliphatic heterocycles. The Morgan fingerprint density at radius 1 is 1.07 bits per heavy atom. The first-order valence-corrected chi connectivity index (χ1v) is 9.99. The largest absolute Gasteiger partial charge is 0.507 e. The molecule has 5 nitrogen and oxygen atoms in total. The lowest BCUT2D eigenvalue weighted by molar-refractivity contribution is -0.140. The van der Waals surface area contributed by atoms with Crippen LogP contribution in [0.5, 0.6) is 0 Å². The molecule has 0 bridgehead atoms. The average molecular weight is 410 g/mol. The molecule has 1 saturated heterocycles. The lowest BCUT2D eigenvalue weighted by Crippen LogP contribution is -2.35. The van der Waals surface area contributed by atoms with Gasteiger partial charge in [-0.25, -0.2) is 4.39 Å². The quantitative estimate of drug-likeness (QED) is 0.445. The molecule has 1 N–H and O–H groups in total. The van der Waals surface area contributed by atoms with Crippen molar-refractivity contribution in [2.45, 2.75) is 25.8 Å². The molecule has 0 spiro atoms. The fourth-order valence-electron chi connectivity index (χ4n) is 3.59. The summed E-state index contributed by atoms with van der Waals surface area (Å²) in [6.07, 6.45) is 0. The van der Waals surface area contributed by atoms with E-state index in [1.54, 1.807) is 0 Å². The Morgan fingerprint density at radius 3 is 2.20 bits per heavy atom. The average Bonchev–Trinajstić information content (AvgIpc) is 2.97. The Bertz CT molecular complexity index is 963. The summed E-state index contributed by atoms with van der Waals surface area (Å²) in [7, 11) is 3.78. The maximum Gasteiger partial charge on any atom is 0.295 e. The zero-order valence-electron chi connectivity index (χ0n) is 17.7. The van der Waals surface area contributed by atoms with E-state index < -0.39 is 23.5 Å². The Balaban J connectivity index is 2.12. The van der Waals surface area contributed by atoms with Crippen molar-refractivity contribution in [3.63, 3.8) is 0 Å². The standard InChI is InChI=1S/C24H27FN2O3/c1-15(2)16-5-7-17(8-6-16)21-20(22(28)18-9-11-19(25)12-10-18)23(29)24(30)27(21)14-13-26(3)4/h5-12,15,21,28H,13-14H2,1-4H3/b22-20-. The third-order valence-corrected chi connectivity index (χ3v) is 5.36. The van der Waals surface area contributed by atoms with Gasteiger partial charge in [0.25, 0.3) is 11.7 Å². The maximum atomic E-state index is 13.3. The van der Waals surface area contributed by atoms with E-state index in [1.807, 2.05) is 43.3 Å². The number of nitrogens with zero attached hydrogens (tertiary/aromatic N) is 2. The molecule has 2 aromatic carbocycles. The lowest BCUT2D eigenvalue weighted by atomic mass is 9.93. The van der Waals surface area contributed by atoms with Crippen molar-refractivity contribution in [3.8, 4) is 0 Å². The zero-order chi connectivity index (χ0) is 22.0. The second-order valence-corrected chi connectivity index (χ2v) is 8.12. The van der Waals surface area contributed by atoms with E-state index >= 15 is 0 Å². The van der Waals surface area contributed by atoms with Crippen molar-refractivity contribution in [2.75, 3.05) is 27.2 Å². The molecule has 0 saturated carbocycles. The van der Waals surface area contributed by atoms with Crippen LogP contribution in [0.1, 0.15) is 42.5 Å². The normalized spacial score (nSPS) is 18.6. The van der Waals surface area contributed by atoms with Gasteiger partial charge < -0.3 is 14.9 Å². The number of aliphatic hydroxyl groups excluding tert-OH is 1. The first-order valence-electron chi connectivity index (χ1n) is 9.99. The number of hydrogen-bond donors (Lipinski definition) is 1. The van der Waals surface area contributed by atoms with Gasteiger partial charge in [0.1, 0.15) is 11.6 Å². The molecule has 158 valence electrons. The highest BCUT2D eigenvalue weighted by atomic mass is 19.1. The minimum absolute atomic E-state index is 0.0302. The number of carbonyl (C=O) groups is 2. The van der Waals surface area contributed by atoms with Crippen LogP contribution in [0.3, 0.4) is 0 Å². The first-order chi connectivity index (χ1) is 14.2. The number of Topliss-reactive ketones (excluding diaryl/α,β-unsaturated/α-hetero) is 1. The highest BCUT2D eigenvalue weighted by Crippen LogP contribution is 2.39. The van der Waals surface area contributed by atoms with Crippen LogP contribution < -0.4 is 0 Å². The minimum atomic E-state index is -0.728. The van der Waals surface area contributed by atoms with E-state index in [0.29, 0.717) is 24.6 Å². The summed E-state index contributed by atoms with van der Waals surface area (Å²) in [5, 5.41) is 10.9. The van der Waals surface area contributed by atoms with E-state index in [4.69, 9.17) is 0 Å². The predicted molar refractivity (Wildman–Crippen MR) is 114 cm³/mol. The summed E-state index contributed by atoms with van der Waals surface area (Å²) in [4.78, 5) is 29.2. The summed E-state index contributed by atoms with van der Waals surface area (Å²) in [5.41, 5.74) is 2.22. The maximum absolute atomic E-state index is 13.3. The minimum Gasteiger partial charge on any atom is -0.507 e. The molecule has 3 rings (SSSR count). The Labute approximate surface area is 176 Å². The molecule has 1 aliphatic rings. The molecule has 1 fully saturated rings. The number of likely N-dealkylation sites (N-methyl/N-ethyl adjacent to an activating group) is 1. The van der Waals surface area contributed by atoms with Crippen molar-refractivity contribution in [1.29, 1.82) is 0 Å². The first kappa shape index (κ1) is 21.7. The Morgan fingerprint density at radius 2 is 1.67 bits per heavy atom. The fourth-order valence-corrected chi connectivity index (χ4v) is 3.59. The van der Waals surface area contributed by atoms with E-state index in [9.17, 15) is 19.1 Å². The van der Waals surface area contributed by atoms with Gasteiger partial charge in [-0.3, -0.25) is 9.59 Å². The topological polar surface area (TPSA) is 60.9 Å². The van der Waals surface area contributed by atoms with E-state index in [0.717, 1.165) is 11.1 Å². The van der Waals surface area contributed by atoms with Crippen LogP contribution in [0.4, 0.5) is 4.39 Å². The third kappa shape index (κ3) is 4.28. The highest BCUT2D eigenvalue weighted by molar-refractivity contribution is 6.46. The van der Waals surface area contributed by atoms with E-state index in [2.05, 4.69) is 13.8 Å². The number of aliphatic hydroxyl groups is 1.